The summed E-state index contributed by atoms with van der Waals surface area (Å²) < 4.78 is 1.74. The van der Waals surface area contributed by atoms with Gasteiger partial charge in [-0.25, -0.2) is 4.68 Å². The molecule has 154 valence electrons. The lowest BCUT2D eigenvalue weighted by molar-refractivity contribution is 0.0996. The van der Waals surface area contributed by atoms with Gasteiger partial charge in [-0.1, -0.05) is 18.2 Å². The van der Waals surface area contributed by atoms with Crippen molar-refractivity contribution in [2.24, 2.45) is 5.73 Å². The summed E-state index contributed by atoms with van der Waals surface area (Å²) in [7, 11) is 0. The molecule has 7 heteroatoms. The van der Waals surface area contributed by atoms with Crippen molar-refractivity contribution in [3.8, 4) is 5.69 Å². The fourth-order valence-corrected chi connectivity index (χ4v) is 3.85. The minimum absolute atomic E-state index is 0.269. The molecule has 3 aromatic rings. The van der Waals surface area contributed by atoms with Crippen molar-refractivity contribution >= 4 is 23.2 Å². The monoisotopic (exact) mass is 403 g/mol. The van der Waals surface area contributed by atoms with Crippen molar-refractivity contribution in [3.05, 3.63) is 71.5 Å². The molecule has 4 rings (SSSR count). The summed E-state index contributed by atoms with van der Waals surface area (Å²) >= 11 is 0. The zero-order valence-corrected chi connectivity index (χ0v) is 17.0. The number of benzene rings is 2. The Labute approximate surface area is 175 Å². The summed E-state index contributed by atoms with van der Waals surface area (Å²) in [6.45, 7) is 3.70. The third-order valence-corrected chi connectivity index (χ3v) is 5.48. The van der Waals surface area contributed by atoms with Gasteiger partial charge in [0.1, 0.15) is 0 Å². The van der Waals surface area contributed by atoms with Crippen LogP contribution >= 0.6 is 0 Å². The van der Waals surface area contributed by atoms with Crippen LogP contribution in [0.5, 0.6) is 0 Å². The van der Waals surface area contributed by atoms with E-state index in [4.69, 9.17) is 5.73 Å². The van der Waals surface area contributed by atoms with Crippen LogP contribution in [0.3, 0.4) is 0 Å². The third-order valence-electron chi connectivity index (χ3n) is 5.48. The van der Waals surface area contributed by atoms with Gasteiger partial charge in [0.05, 0.1) is 34.5 Å². The van der Waals surface area contributed by atoms with Crippen LogP contribution in [0.25, 0.3) is 5.69 Å². The number of para-hydroxylation sites is 1. The van der Waals surface area contributed by atoms with Crippen LogP contribution in [-0.2, 0) is 0 Å². The molecule has 1 aliphatic rings. The predicted molar refractivity (Wildman–Crippen MR) is 117 cm³/mol. The van der Waals surface area contributed by atoms with E-state index in [1.54, 1.807) is 23.0 Å². The second-order valence-electron chi connectivity index (χ2n) is 7.49. The first-order valence-electron chi connectivity index (χ1n) is 10.1. The second-order valence-corrected chi connectivity index (χ2v) is 7.49. The van der Waals surface area contributed by atoms with Crippen LogP contribution in [0.1, 0.15) is 45.7 Å². The number of piperidine rings is 1. The molecule has 1 saturated heterocycles. The molecule has 1 aromatic heterocycles. The molecule has 1 fully saturated rings. The smallest absolute Gasteiger partial charge is 0.259 e. The van der Waals surface area contributed by atoms with Crippen molar-refractivity contribution in [1.82, 2.24) is 9.78 Å². The van der Waals surface area contributed by atoms with Crippen LogP contribution < -0.4 is 16.0 Å². The van der Waals surface area contributed by atoms with Gasteiger partial charge in [0.25, 0.3) is 5.91 Å². The van der Waals surface area contributed by atoms with E-state index < -0.39 is 5.91 Å². The van der Waals surface area contributed by atoms with Gasteiger partial charge in [-0.05, 0) is 56.5 Å². The van der Waals surface area contributed by atoms with Crippen molar-refractivity contribution in [2.45, 2.75) is 26.2 Å². The van der Waals surface area contributed by atoms with E-state index in [1.165, 1.54) is 6.42 Å². The largest absolute Gasteiger partial charge is 0.370 e. The van der Waals surface area contributed by atoms with Crippen molar-refractivity contribution < 1.29 is 9.59 Å². The molecule has 0 aliphatic carbocycles. The van der Waals surface area contributed by atoms with Crippen molar-refractivity contribution in [3.63, 3.8) is 0 Å². The Bertz CT molecular complexity index is 1070. The Hall–Kier alpha value is -3.61. The standard InChI is InChI=1S/C23H25N5O2/c1-16-19(15-25-28(16)18-8-4-2-5-9-18)23(30)26-20-14-17(22(24)29)10-11-21(20)27-12-6-3-7-13-27/h2,4-5,8-11,14-15H,3,6-7,12-13H2,1H3,(H2,24,29)(H,26,30). The summed E-state index contributed by atoms with van der Waals surface area (Å²) in [6.07, 6.45) is 4.98. The topological polar surface area (TPSA) is 93.2 Å². The van der Waals surface area contributed by atoms with E-state index >= 15 is 0 Å². The maximum atomic E-state index is 13.1. The average Bonchev–Trinajstić information content (AvgIpc) is 3.16. The number of primary amides is 1. The molecule has 1 aliphatic heterocycles. The van der Waals surface area contributed by atoms with E-state index in [-0.39, 0.29) is 5.91 Å². The number of anilines is 2. The summed E-state index contributed by atoms with van der Waals surface area (Å²) in [5, 5.41) is 7.36. The molecule has 0 unspecified atom stereocenters. The number of carbonyl (C=O) groups is 2. The number of carbonyl (C=O) groups excluding carboxylic acids is 2. The highest BCUT2D eigenvalue weighted by Crippen LogP contribution is 2.30. The van der Waals surface area contributed by atoms with E-state index in [1.807, 2.05) is 43.3 Å². The number of hydrogen-bond donors (Lipinski definition) is 2. The Morgan fingerprint density at radius 1 is 1.03 bits per heavy atom. The molecule has 0 atom stereocenters. The highest BCUT2D eigenvalue weighted by atomic mass is 16.2. The molecular weight excluding hydrogens is 378 g/mol. The molecule has 30 heavy (non-hydrogen) atoms. The summed E-state index contributed by atoms with van der Waals surface area (Å²) in [6, 6.07) is 14.9. The summed E-state index contributed by atoms with van der Waals surface area (Å²) in [4.78, 5) is 27.0. The lowest BCUT2D eigenvalue weighted by Crippen LogP contribution is -2.30. The fraction of sp³-hybridized carbons (Fsp3) is 0.261. The first-order chi connectivity index (χ1) is 14.5. The molecule has 2 amide bonds. The van der Waals surface area contributed by atoms with Gasteiger partial charge < -0.3 is 16.0 Å². The Morgan fingerprint density at radius 3 is 2.47 bits per heavy atom. The quantitative estimate of drug-likeness (QED) is 0.682. The molecule has 2 heterocycles. The number of nitrogens with zero attached hydrogens (tertiary/aromatic N) is 3. The van der Waals surface area contributed by atoms with Gasteiger partial charge in [-0.15, -0.1) is 0 Å². The minimum atomic E-state index is -0.524. The van der Waals surface area contributed by atoms with Gasteiger partial charge >= 0.3 is 0 Å². The van der Waals surface area contributed by atoms with Gasteiger partial charge in [-0.3, -0.25) is 9.59 Å². The van der Waals surface area contributed by atoms with Gasteiger partial charge in [0, 0.05) is 18.7 Å². The van der Waals surface area contributed by atoms with Crippen molar-refractivity contribution in [1.29, 1.82) is 0 Å². The van der Waals surface area contributed by atoms with E-state index in [9.17, 15) is 9.59 Å². The molecule has 3 N–H and O–H groups in total. The maximum Gasteiger partial charge on any atom is 0.259 e. The van der Waals surface area contributed by atoms with Gasteiger partial charge in [0.2, 0.25) is 5.91 Å². The third kappa shape index (κ3) is 3.91. The maximum absolute atomic E-state index is 13.1. The molecule has 2 aromatic carbocycles. The van der Waals surface area contributed by atoms with Gasteiger partial charge in [-0.2, -0.15) is 5.10 Å². The molecule has 0 spiro atoms. The lowest BCUT2D eigenvalue weighted by atomic mass is 10.1. The normalized spacial score (nSPS) is 13.8. The Kier molecular flexibility index (Phi) is 5.52. The fourth-order valence-electron chi connectivity index (χ4n) is 3.85. The van der Waals surface area contributed by atoms with Crippen LogP contribution in [0.15, 0.2) is 54.7 Å². The van der Waals surface area contributed by atoms with E-state index in [0.717, 1.165) is 43.0 Å². The van der Waals surface area contributed by atoms with Crippen LogP contribution in [0.4, 0.5) is 11.4 Å². The molecule has 0 radical (unpaired) electrons. The summed E-state index contributed by atoms with van der Waals surface area (Å²) in [5.74, 6) is -0.793. The minimum Gasteiger partial charge on any atom is -0.370 e. The van der Waals surface area contributed by atoms with Gasteiger partial charge in [0.15, 0.2) is 0 Å². The molecule has 0 bridgehead atoms. The number of nitrogens with one attached hydrogen (secondary N) is 1. The number of rotatable bonds is 5. The number of hydrogen-bond acceptors (Lipinski definition) is 4. The molecule has 0 saturated carbocycles. The average molecular weight is 403 g/mol. The Morgan fingerprint density at radius 2 is 1.77 bits per heavy atom. The first-order valence-corrected chi connectivity index (χ1v) is 10.1. The molecular formula is C23H25N5O2. The Balaban J connectivity index is 1.65. The van der Waals surface area contributed by atoms with E-state index in [0.29, 0.717) is 16.8 Å². The number of amides is 2. The van der Waals surface area contributed by atoms with Crippen LogP contribution in [-0.4, -0.2) is 34.7 Å². The van der Waals surface area contributed by atoms with Crippen molar-refractivity contribution in [2.75, 3.05) is 23.3 Å². The van der Waals surface area contributed by atoms with Crippen LogP contribution in [0.2, 0.25) is 0 Å². The predicted octanol–water partition coefficient (Wildman–Crippen LogP) is 3.52. The highest BCUT2D eigenvalue weighted by Gasteiger charge is 2.20. The first kappa shape index (κ1) is 19.7. The van der Waals surface area contributed by atoms with Crippen LogP contribution in [0, 0.1) is 6.92 Å². The summed E-state index contributed by atoms with van der Waals surface area (Å²) in [5.41, 5.74) is 9.43. The highest BCUT2D eigenvalue weighted by molar-refractivity contribution is 6.07. The number of aromatic nitrogens is 2. The number of nitrogens with two attached hydrogens (primary N) is 1. The zero-order valence-electron chi connectivity index (χ0n) is 17.0. The SMILES string of the molecule is Cc1c(C(=O)Nc2cc(C(N)=O)ccc2N2CCCCC2)cnn1-c1ccccc1. The van der Waals surface area contributed by atoms with E-state index in [2.05, 4.69) is 15.3 Å². The zero-order chi connectivity index (χ0) is 21.1. The second kappa shape index (κ2) is 8.41. The molecule has 7 nitrogen and oxygen atoms in total. The lowest BCUT2D eigenvalue weighted by Gasteiger charge is -2.30.